The van der Waals surface area contributed by atoms with Crippen LogP contribution in [0.25, 0.3) is 0 Å². The summed E-state index contributed by atoms with van der Waals surface area (Å²) in [4.78, 5) is 0.400. The SMILES string of the molecule is CNCc1cccc(S(=O)(=O)N(C)CC(C)(C)C)c1C. The Morgan fingerprint density at radius 1 is 1.25 bits per heavy atom. The molecule has 1 N–H and O–H groups in total. The number of rotatable bonds is 5. The van der Waals surface area contributed by atoms with Gasteiger partial charge in [-0.2, -0.15) is 0 Å². The average Bonchev–Trinajstić information content (AvgIpc) is 2.29. The van der Waals surface area contributed by atoms with Crippen LogP contribution in [0.1, 0.15) is 31.9 Å². The average molecular weight is 298 g/mol. The standard InChI is InChI=1S/C15H26N2O2S/c1-12-13(10-16-5)8-7-9-14(12)20(18,19)17(6)11-15(2,3)4/h7-9,16H,10-11H2,1-6H3. The number of nitrogens with one attached hydrogen (secondary N) is 1. The molecular weight excluding hydrogens is 272 g/mol. The van der Waals surface area contributed by atoms with Crippen LogP contribution in [0.15, 0.2) is 23.1 Å². The lowest BCUT2D eigenvalue weighted by Gasteiger charge is -2.27. The van der Waals surface area contributed by atoms with Gasteiger partial charge < -0.3 is 5.32 Å². The summed E-state index contributed by atoms with van der Waals surface area (Å²) in [6, 6.07) is 5.44. The van der Waals surface area contributed by atoms with E-state index >= 15 is 0 Å². The van der Waals surface area contributed by atoms with E-state index in [1.54, 1.807) is 19.2 Å². The Balaban J connectivity index is 3.19. The summed E-state index contributed by atoms with van der Waals surface area (Å²) in [6.07, 6.45) is 0. The predicted molar refractivity (Wildman–Crippen MR) is 83.2 cm³/mol. The van der Waals surface area contributed by atoms with Crippen LogP contribution >= 0.6 is 0 Å². The van der Waals surface area contributed by atoms with Crippen LogP contribution in [-0.4, -0.2) is 33.4 Å². The normalized spacial score (nSPS) is 12.9. The molecule has 5 heteroatoms. The quantitative estimate of drug-likeness (QED) is 0.908. The van der Waals surface area contributed by atoms with Gasteiger partial charge in [-0.05, 0) is 36.6 Å². The van der Waals surface area contributed by atoms with Gasteiger partial charge in [0.15, 0.2) is 0 Å². The highest BCUT2D eigenvalue weighted by molar-refractivity contribution is 7.89. The maximum absolute atomic E-state index is 12.7. The van der Waals surface area contributed by atoms with Gasteiger partial charge in [-0.3, -0.25) is 0 Å². The van der Waals surface area contributed by atoms with Crippen LogP contribution in [0.2, 0.25) is 0 Å². The smallest absolute Gasteiger partial charge is 0.243 e. The van der Waals surface area contributed by atoms with Crippen LogP contribution in [0, 0.1) is 12.3 Å². The molecule has 0 aliphatic rings. The first-order valence-electron chi connectivity index (χ1n) is 6.79. The molecule has 4 nitrogen and oxygen atoms in total. The molecule has 0 unspecified atom stereocenters. The first-order valence-corrected chi connectivity index (χ1v) is 8.23. The van der Waals surface area contributed by atoms with Crippen LogP contribution in [0.5, 0.6) is 0 Å². The van der Waals surface area contributed by atoms with E-state index in [9.17, 15) is 8.42 Å². The van der Waals surface area contributed by atoms with Gasteiger partial charge >= 0.3 is 0 Å². The summed E-state index contributed by atoms with van der Waals surface area (Å²) in [5.41, 5.74) is 1.76. The molecule has 0 aromatic heterocycles. The lowest BCUT2D eigenvalue weighted by atomic mass is 9.97. The fourth-order valence-corrected chi connectivity index (χ4v) is 3.90. The number of hydrogen-bond acceptors (Lipinski definition) is 3. The summed E-state index contributed by atoms with van der Waals surface area (Å²) < 4.78 is 26.8. The van der Waals surface area contributed by atoms with Crippen LogP contribution in [0.4, 0.5) is 0 Å². The molecular formula is C15H26N2O2S. The summed E-state index contributed by atoms with van der Waals surface area (Å²) in [6.45, 7) is 9.11. The van der Waals surface area contributed by atoms with E-state index in [2.05, 4.69) is 5.32 Å². The molecule has 20 heavy (non-hydrogen) atoms. The Kier molecular flexibility index (Phi) is 5.35. The van der Waals surface area contributed by atoms with Crippen LogP contribution in [-0.2, 0) is 16.6 Å². The first-order chi connectivity index (χ1) is 9.09. The van der Waals surface area contributed by atoms with Crippen molar-refractivity contribution in [3.63, 3.8) is 0 Å². The Bertz CT molecular complexity index is 560. The molecule has 0 spiro atoms. The minimum Gasteiger partial charge on any atom is -0.316 e. The van der Waals surface area contributed by atoms with Crippen molar-refractivity contribution in [2.75, 3.05) is 20.6 Å². The van der Waals surface area contributed by atoms with Crippen molar-refractivity contribution in [3.8, 4) is 0 Å². The van der Waals surface area contributed by atoms with Gasteiger partial charge in [-0.15, -0.1) is 0 Å². The number of nitrogens with zero attached hydrogens (tertiary/aromatic N) is 1. The second kappa shape index (κ2) is 6.24. The maximum atomic E-state index is 12.7. The van der Waals surface area contributed by atoms with Gasteiger partial charge in [0.1, 0.15) is 0 Å². The second-order valence-electron chi connectivity index (χ2n) is 6.39. The number of hydrogen-bond donors (Lipinski definition) is 1. The molecule has 0 amide bonds. The van der Waals surface area contributed by atoms with Crippen molar-refractivity contribution in [1.82, 2.24) is 9.62 Å². The molecule has 1 aromatic carbocycles. The van der Waals surface area contributed by atoms with Crippen molar-refractivity contribution in [3.05, 3.63) is 29.3 Å². The number of sulfonamides is 1. The molecule has 1 rings (SSSR count). The van der Waals surface area contributed by atoms with Gasteiger partial charge in [0.25, 0.3) is 0 Å². The van der Waals surface area contributed by atoms with Crippen molar-refractivity contribution in [1.29, 1.82) is 0 Å². The molecule has 0 fully saturated rings. The Labute approximate surface area is 123 Å². The lowest BCUT2D eigenvalue weighted by molar-refractivity contribution is 0.310. The third kappa shape index (κ3) is 4.04. The van der Waals surface area contributed by atoms with Crippen molar-refractivity contribution in [2.24, 2.45) is 5.41 Å². The fourth-order valence-electron chi connectivity index (χ4n) is 2.24. The maximum Gasteiger partial charge on any atom is 0.243 e. The van der Waals surface area contributed by atoms with Gasteiger partial charge in [0.05, 0.1) is 4.90 Å². The van der Waals surface area contributed by atoms with E-state index in [1.165, 1.54) is 4.31 Å². The minimum absolute atomic E-state index is 0.0711. The Morgan fingerprint density at radius 2 is 1.85 bits per heavy atom. The zero-order chi connectivity index (χ0) is 15.6. The molecule has 114 valence electrons. The third-order valence-electron chi connectivity index (χ3n) is 3.15. The molecule has 0 aliphatic carbocycles. The van der Waals surface area contributed by atoms with Crippen LogP contribution in [0.3, 0.4) is 0 Å². The monoisotopic (exact) mass is 298 g/mol. The highest BCUT2D eigenvalue weighted by atomic mass is 32.2. The lowest BCUT2D eigenvalue weighted by Crippen LogP contribution is -2.35. The van der Waals surface area contributed by atoms with E-state index in [4.69, 9.17) is 0 Å². The molecule has 0 bridgehead atoms. The van der Waals surface area contributed by atoms with Crippen molar-refractivity contribution < 1.29 is 8.42 Å². The number of benzene rings is 1. The zero-order valence-electron chi connectivity index (χ0n) is 13.3. The Hall–Kier alpha value is -0.910. The largest absolute Gasteiger partial charge is 0.316 e. The minimum atomic E-state index is -3.44. The van der Waals surface area contributed by atoms with Crippen LogP contribution < -0.4 is 5.32 Å². The van der Waals surface area contributed by atoms with Gasteiger partial charge in [0.2, 0.25) is 10.0 Å². The highest BCUT2D eigenvalue weighted by Crippen LogP contribution is 2.24. The summed E-state index contributed by atoms with van der Waals surface area (Å²) in [5.74, 6) is 0. The first kappa shape index (κ1) is 17.1. The van der Waals surface area contributed by atoms with E-state index in [0.29, 0.717) is 18.0 Å². The van der Waals surface area contributed by atoms with E-state index < -0.39 is 10.0 Å². The molecule has 0 heterocycles. The van der Waals surface area contributed by atoms with Crippen molar-refractivity contribution >= 4 is 10.0 Å². The predicted octanol–water partition coefficient (Wildman–Crippen LogP) is 2.38. The van der Waals surface area contributed by atoms with Gasteiger partial charge in [-0.1, -0.05) is 32.9 Å². The summed E-state index contributed by atoms with van der Waals surface area (Å²) in [5, 5.41) is 3.06. The molecule has 1 aromatic rings. The summed E-state index contributed by atoms with van der Waals surface area (Å²) in [7, 11) is 0.0590. The Morgan fingerprint density at radius 3 is 2.35 bits per heavy atom. The summed E-state index contributed by atoms with van der Waals surface area (Å²) >= 11 is 0. The third-order valence-corrected chi connectivity index (χ3v) is 5.10. The molecule has 0 radical (unpaired) electrons. The second-order valence-corrected chi connectivity index (χ2v) is 8.41. The van der Waals surface area contributed by atoms with E-state index in [-0.39, 0.29) is 5.41 Å². The van der Waals surface area contributed by atoms with Gasteiger partial charge in [-0.25, -0.2) is 12.7 Å². The highest BCUT2D eigenvalue weighted by Gasteiger charge is 2.27. The molecule has 0 aliphatic heterocycles. The molecule has 0 saturated heterocycles. The fraction of sp³-hybridized carbons (Fsp3) is 0.600. The van der Waals surface area contributed by atoms with E-state index in [1.807, 2.05) is 40.8 Å². The molecule has 0 atom stereocenters. The molecule has 0 saturated carbocycles. The zero-order valence-corrected chi connectivity index (χ0v) is 14.1. The van der Waals surface area contributed by atoms with Gasteiger partial charge in [0, 0.05) is 20.1 Å². The topological polar surface area (TPSA) is 49.4 Å². The van der Waals surface area contributed by atoms with E-state index in [0.717, 1.165) is 11.1 Å². The van der Waals surface area contributed by atoms with Crippen molar-refractivity contribution in [2.45, 2.75) is 39.1 Å².